The van der Waals surface area contributed by atoms with Crippen LogP contribution in [0.15, 0.2) is 12.4 Å². The predicted molar refractivity (Wildman–Crippen MR) is 73.8 cm³/mol. The van der Waals surface area contributed by atoms with Gasteiger partial charge in [-0.15, -0.1) is 0 Å². The summed E-state index contributed by atoms with van der Waals surface area (Å²) in [5, 5.41) is 6.04. The van der Waals surface area contributed by atoms with E-state index >= 15 is 0 Å². The standard InChI is InChI=1S/C13H21N5O/c1-10(19)17-12-3-5-18(6-4-12)13-15-8-11(7-14-2)9-16-13/h8-9,12,14H,3-7H2,1-2H3,(H,17,19). The molecule has 0 unspecified atom stereocenters. The molecule has 1 aliphatic rings. The Morgan fingerprint density at radius 1 is 1.37 bits per heavy atom. The monoisotopic (exact) mass is 263 g/mol. The minimum atomic E-state index is 0.0473. The van der Waals surface area contributed by atoms with E-state index in [2.05, 4.69) is 25.5 Å². The molecule has 2 rings (SSSR count). The summed E-state index contributed by atoms with van der Waals surface area (Å²) in [5.74, 6) is 0.826. The van der Waals surface area contributed by atoms with Gasteiger partial charge in [0.2, 0.25) is 11.9 Å². The summed E-state index contributed by atoms with van der Waals surface area (Å²) >= 11 is 0. The molecule has 0 atom stereocenters. The molecule has 1 amide bonds. The van der Waals surface area contributed by atoms with Crippen LogP contribution in [0, 0.1) is 0 Å². The van der Waals surface area contributed by atoms with E-state index in [4.69, 9.17) is 0 Å². The van der Waals surface area contributed by atoms with Crippen LogP contribution in [-0.4, -0.2) is 42.1 Å². The number of nitrogens with zero attached hydrogens (tertiary/aromatic N) is 3. The molecule has 1 saturated heterocycles. The van der Waals surface area contributed by atoms with Gasteiger partial charge in [-0.1, -0.05) is 0 Å². The molecule has 19 heavy (non-hydrogen) atoms. The SMILES string of the molecule is CNCc1cnc(N2CCC(NC(C)=O)CC2)nc1. The average molecular weight is 263 g/mol. The van der Waals surface area contributed by atoms with Gasteiger partial charge in [-0.3, -0.25) is 4.79 Å². The van der Waals surface area contributed by atoms with E-state index in [9.17, 15) is 4.79 Å². The number of hydrogen-bond acceptors (Lipinski definition) is 5. The molecule has 0 spiro atoms. The van der Waals surface area contributed by atoms with E-state index in [1.54, 1.807) is 6.92 Å². The highest BCUT2D eigenvalue weighted by Gasteiger charge is 2.21. The summed E-state index contributed by atoms with van der Waals surface area (Å²) in [7, 11) is 1.90. The number of nitrogens with one attached hydrogen (secondary N) is 2. The molecule has 0 saturated carbocycles. The van der Waals surface area contributed by atoms with Crippen molar-refractivity contribution in [2.24, 2.45) is 0 Å². The van der Waals surface area contributed by atoms with Crippen molar-refractivity contribution in [1.29, 1.82) is 0 Å². The van der Waals surface area contributed by atoms with Crippen molar-refractivity contribution in [3.63, 3.8) is 0 Å². The first kappa shape index (κ1) is 13.7. The maximum Gasteiger partial charge on any atom is 0.225 e. The molecule has 1 fully saturated rings. The molecule has 0 radical (unpaired) electrons. The molecule has 2 heterocycles. The van der Waals surface area contributed by atoms with Crippen LogP contribution in [0.1, 0.15) is 25.3 Å². The number of amides is 1. The van der Waals surface area contributed by atoms with E-state index in [1.165, 1.54) is 0 Å². The number of piperidine rings is 1. The number of carbonyl (C=O) groups excluding carboxylic acids is 1. The van der Waals surface area contributed by atoms with Crippen molar-refractivity contribution in [2.45, 2.75) is 32.4 Å². The van der Waals surface area contributed by atoms with Crippen molar-refractivity contribution >= 4 is 11.9 Å². The Bertz CT molecular complexity index is 412. The van der Waals surface area contributed by atoms with Crippen LogP contribution in [-0.2, 0) is 11.3 Å². The highest BCUT2D eigenvalue weighted by Crippen LogP contribution is 2.15. The summed E-state index contributed by atoms with van der Waals surface area (Å²) in [6.45, 7) is 4.12. The third kappa shape index (κ3) is 3.89. The molecule has 0 aliphatic carbocycles. The summed E-state index contributed by atoms with van der Waals surface area (Å²) in [5.41, 5.74) is 1.08. The third-order valence-electron chi connectivity index (χ3n) is 3.26. The fraction of sp³-hybridized carbons (Fsp3) is 0.615. The minimum absolute atomic E-state index is 0.0473. The number of hydrogen-bond donors (Lipinski definition) is 2. The van der Waals surface area contributed by atoms with Gasteiger partial charge in [0.05, 0.1) is 0 Å². The normalized spacial score (nSPS) is 16.4. The Balaban J connectivity index is 1.88. The van der Waals surface area contributed by atoms with Gasteiger partial charge in [0, 0.05) is 50.6 Å². The molecular formula is C13H21N5O. The van der Waals surface area contributed by atoms with Crippen LogP contribution in [0.25, 0.3) is 0 Å². The number of anilines is 1. The average Bonchev–Trinajstić information content (AvgIpc) is 2.40. The lowest BCUT2D eigenvalue weighted by Gasteiger charge is -2.32. The second-order valence-corrected chi connectivity index (χ2v) is 4.88. The predicted octanol–water partition coefficient (Wildman–Crippen LogP) is 0.301. The fourth-order valence-corrected chi connectivity index (χ4v) is 2.32. The molecule has 0 bridgehead atoms. The molecule has 0 aromatic carbocycles. The summed E-state index contributed by atoms with van der Waals surface area (Å²) in [6, 6.07) is 0.289. The Labute approximate surface area is 113 Å². The van der Waals surface area contributed by atoms with Gasteiger partial charge in [-0.25, -0.2) is 9.97 Å². The molecular weight excluding hydrogens is 242 g/mol. The lowest BCUT2D eigenvalue weighted by Crippen LogP contribution is -2.44. The van der Waals surface area contributed by atoms with Crippen LogP contribution in [0.2, 0.25) is 0 Å². The summed E-state index contributed by atoms with van der Waals surface area (Å²) < 4.78 is 0. The highest BCUT2D eigenvalue weighted by molar-refractivity contribution is 5.73. The van der Waals surface area contributed by atoms with Gasteiger partial charge in [0.25, 0.3) is 0 Å². The minimum Gasteiger partial charge on any atom is -0.353 e. The zero-order valence-corrected chi connectivity index (χ0v) is 11.5. The number of aromatic nitrogens is 2. The topological polar surface area (TPSA) is 70.2 Å². The number of carbonyl (C=O) groups is 1. The molecule has 6 heteroatoms. The van der Waals surface area contributed by atoms with Crippen LogP contribution in [0.4, 0.5) is 5.95 Å². The van der Waals surface area contributed by atoms with Gasteiger partial charge in [-0.05, 0) is 19.9 Å². The van der Waals surface area contributed by atoms with Crippen molar-refractivity contribution in [2.75, 3.05) is 25.0 Å². The Morgan fingerprint density at radius 3 is 2.53 bits per heavy atom. The lowest BCUT2D eigenvalue weighted by molar-refractivity contribution is -0.119. The Kier molecular flexibility index (Phi) is 4.68. The van der Waals surface area contributed by atoms with Crippen LogP contribution in [0.5, 0.6) is 0 Å². The largest absolute Gasteiger partial charge is 0.353 e. The summed E-state index contributed by atoms with van der Waals surface area (Å²) in [6.07, 6.45) is 5.61. The zero-order chi connectivity index (χ0) is 13.7. The molecule has 1 aromatic heterocycles. The highest BCUT2D eigenvalue weighted by atomic mass is 16.1. The van der Waals surface area contributed by atoms with Crippen molar-refractivity contribution < 1.29 is 4.79 Å². The smallest absolute Gasteiger partial charge is 0.225 e. The maximum absolute atomic E-state index is 11.0. The quantitative estimate of drug-likeness (QED) is 0.817. The molecule has 6 nitrogen and oxygen atoms in total. The Hall–Kier alpha value is -1.69. The van der Waals surface area contributed by atoms with Gasteiger partial charge in [0.1, 0.15) is 0 Å². The first-order valence-corrected chi connectivity index (χ1v) is 6.66. The van der Waals surface area contributed by atoms with Crippen LogP contribution >= 0.6 is 0 Å². The van der Waals surface area contributed by atoms with Gasteiger partial charge in [0.15, 0.2) is 0 Å². The van der Waals surface area contributed by atoms with E-state index in [-0.39, 0.29) is 11.9 Å². The first-order valence-electron chi connectivity index (χ1n) is 6.66. The van der Waals surface area contributed by atoms with E-state index < -0.39 is 0 Å². The lowest BCUT2D eigenvalue weighted by atomic mass is 10.1. The van der Waals surface area contributed by atoms with Gasteiger partial charge >= 0.3 is 0 Å². The van der Waals surface area contributed by atoms with E-state index in [0.29, 0.717) is 0 Å². The molecule has 104 valence electrons. The van der Waals surface area contributed by atoms with Gasteiger partial charge in [-0.2, -0.15) is 0 Å². The molecule has 2 N–H and O–H groups in total. The summed E-state index contributed by atoms with van der Waals surface area (Å²) in [4.78, 5) is 22.0. The fourth-order valence-electron chi connectivity index (χ4n) is 2.32. The van der Waals surface area contributed by atoms with Crippen LogP contribution < -0.4 is 15.5 Å². The second kappa shape index (κ2) is 6.47. The second-order valence-electron chi connectivity index (χ2n) is 4.88. The van der Waals surface area contributed by atoms with Crippen molar-refractivity contribution in [1.82, 2.24) is 20.6 Å². The molecule has 1 aliphatic heterocycles. The van der Waals surface area contributed by atoms with E-state index in [1.807, 2.05) is 19.4 Å². The number of rotatable bonds is 4. The third-order valence-corrected chi connectivity index (χ3v) is 3.26. The Morgan fingerprint density at radius 2 is 2.00 bits per heavy atom. The van der Waals surface area contributed by atoms with Gasteiger partial charge < -0.3 is 15.5 Å². The van der Waals surface area contributed by atoms with Crippen molar-refractivity contribution in [3.05, 3.63) is 18.0 Å². The first-order chi connectivity index (χ1) is 9.19. The maximum atomic E-state index is 11.0. The van der Waals surface area contributed by atoms with E-state index in [0.717, 1.165) is 44.0 Å². The zero-order valence-electron chi connectivity index (χ0n) is 11.5. The van der Waals surface area contributed by atoms with Crippen molar-refractivity contribution in [3.8, 4) is 0 Å². The van der Waals surface area contributed by atoms with Crippen LogP contribution in [0.3, 0.4) is 0 Å². The molecule has 1 aromatic rings.